The number of halogens is 1. The van der Waals surface area contributed by atoms with E-state index in [2.05, 4.69) is 71.4 Å². The molecule has 0 aliphatic rings. The van der Waals surface area contributed by atoms with Gasteiger partial charge in [-0.1, -0.05) is 71.7 Å². The SMILES string of the molecule is CCCCc1cc(-c2ccccc2)ccc1Br. The zero-order valence-corrected chi connectivity index (χ0v) is 11.7. The van der Waals surface area contributed by atoms with Crippen LogP contribution in [-0.4, -0.2) is 0 Å². The number of hydrogen-bond acceptors (Lipinski definition) is 0. The van der Waals surface area contributed by atoms with E-state index in [0.717, 1.165) is 6.42 Å². The molecule has 0 bridgehead atoms. The summed E-state index contributed by atoms with van der Waals surface area (Å²) in [6.45, 7) is 2.23. The molecule has 0 N–H and O–H groups in total. The zero-order valence-electron chi connectivity index (χ0n) is 10.1. The van der Waals surface area contributed by atoms with Crippen LogP contribution < -0.4 is 0 Å². The van der Waals surface area contributed by atoms with Crippen molar-refractivity contribution in [1.82, 2.24) is 0 Å². The Morgan fingerprint density at radius 2 is 1.71 bits per heavy atom. The predicted octanol–water partition coefficient (Wildman–Crippen LogP) is 5.46. The van der Waals surface area contributed by atoms with Gasteiger partial charge in [0.2, 0.25) is 0 Å². The summed E-state index contributed by atoms with van der Waals surface area (Å²) in [7, 11) is 0. The molecule has 0 atom stereocenters. The monoisotopic (exact) mass is 288 g/mol. The Hall–Kier alpha value is -1.08. The van der Waals surface area contributed by atoms with Crippen molar-refractivity contribution in [3.05, 3.63) is 58.6 Å². The summed E-state index contributed by atoms with van der Waals surface area (Å²) in [6, 6.07) is 17.2. The van der Waals surface area contributed by atoms with Crippen molar-refractivity contribution in [3.63, 3.8) is 0 Å². The first-order valence-electron chi connectivity index (χ1n) is 6.15. The summed E-state index contributed by atoms with van der Waals surface area (Å²) in [5, 5.41) is 0. The van der Waals surface area contributed by atoms with E-state index in [1.165, 1.54) is 34.0 Å². The fourth-order valence-electron chi connectivity index (χ4n) is 1.94. The molecule has 0 nitrogen and oxygen atoms in total. The second-order valence-corrected chi connectivity index (χ2v) is 5.13. The molecular weight excluding hydrogens is 272 g/mol. The van der Waals surface area contributed by atoms with Crippen LogP contribution in [0.25, 0.3) is 11.1 Å². The van der Waals surface area contributed by atoms with Gasteiger partial charge in [0.1, 0.15) is 0 Å². The van der Waals surface area contributed by atoms with Crippen LogP contribution in [0.1, 0.15) is 25.3 Å². The predicted molar refractivity (Wildman–Crippen MR) is 78.2 cm³/mol. The molecule has 0 saturated carbocycles. The van der Waals surface area contributed by atoms with Crippen molar-refractivity contribution in [1.29, 1.82) is 0 Å². The van der Waals surface area contributed by atoms with Gasteiger partial charge in [-0.15, -0.1) is 0 Å². The van der Waals surface area contributed by atoms with Crippen molar-refractivity contribution >= 4 is 15.9 Å². The summed E-state index contributed by atoms with van der Waals surface area (Å²) in [5.41, 5.74) is 4.01. The largest absolute Gasteiger partial charge is 0.0654 e. The molecule has 2 aromatic carbocycles. The molecule has 1 heteroatoms. The maximum absolute atomic E-state index is 3.63. The highest BCUT2D eigenvalue weighted by Crippen LogP contribution is 2.26. The minimum atomic E-state index is 1.15. The quantitative estimate of drug-likeness (QED) is 0.701. The second-order valence-electron chi connectivity index (χ2n) is 4.28. The van der Waals surface area contributed by atoms with E-state index in [1.54, 1.807) is 0 Å². The van der Waals surface area contributed by atoms with E-state index in [4.69, 9.17) is 0 Å². The van der Waals surface area contributed by atoms with Gasteiger partial charge in [0.25, 0.3) is 0 Å². The Kier molecular flexibility index (Phi) is 4.38. The topological polar surface area (TPSA) is 0 Å². The fourth-order valence-corrected chi connectivity index (χ4v) is 2.39. The molecule has 2 aromatic rings. The van der Waals surface area contributed by atoms with Gasteiger partial charge in [-0.05, 0) is 35.6 Å². The second kappa shape index (κ2) is 6.02. The number of unbranched alkanes of at least 4 members (excludes halogenated alkanes) is 1. The highest BCUT2D eigenvalue weighted by molar-refractivity contribution is 9.10. The molecule has 0 aliphatic heterocycles. The van der Waals surface area contributed by atoms with Crippen LogP contribution in [0.3, 0.4) is 0 Å². The van der Waals surface area contributed by atoms with E-state index >= 15 is 0 Å². The molecule has 0 aromatic heterocycles. The molecule has 0 radical (unpaired) electrons. The number of rotatable bonds is 4. The summed E-state index contributed by atoms with van der Waals surface area (Å²) in [6.07, 6.45) is 3.64. The first-order chi connectivity index (χ1) is 8.31. The van der Waals surface area contributed by atoms with Crippen LogP contribution in [0.2, 0.25) is 0 Å². The summed E-state index contributed by atoms with van der Waals surface area (Å²) in [5.74, 6) is 0. The van der Waals surface area contributed by atoms with Gasteiger partial charge < -0.3 is 0 Å². The highest BCUT2D eigenvalue weighted by Gasteiger charge is 2.03. The van der Waals surface area contributed by atoms with E-state index in [9.17, 15) is 0 Å². The lowest BCUT2D eigenvalue weighted by Crippen LogP contribution is -1.88. The Morgan fingerprint density at radius 3 is 2.41 bits per heavy atom. The van der Waals surface area contributed by atoms with Crippen LogP contribution in [0, 0.1) is 0 Å². The minimum absolute atomic E-state index is 1.15. The van der Waals surface area contributed by atoms with Crippen LogP contribution >= 0.6 is 15.9 Å². The average Bonchev–Trinajstić information content (AvgIpc) is 2.39. The molecule has 0 unspecified atom stereocenters. The lowest BCUT2D eigenvalue weighted by molar-refractivity contribution is 0.793. The van der Waals surface area contributed by atoms with E-state index in [0.29, 0.717) is 0 Å². The molecule has 0 amide bonds. The Morgan fingerprint density at radius 1 is 0.941 bits per heavy atom. The molecule has 0 saturated heterocycles. The van der Waals surface area contributed by atoms with Gasteiger partial charge in [-0.2, -0.15) is 0 Å². The lowest BCUT2D eigenvalue weighted by atomic mass is 10.0. The van der Waals surface area contributed by atoms with E-state index in [1.807, 2.05) is 0 Å². The maximum Gasteiger partial charge on any atom is 0.0207 e. The van der Waals surface area contributed by atoms with Gasteiger partial charge in [0, 0.05) is 4.47 Å². The zero-order chi connectivity index (χ0) is 12.1. The van der Waals surface area contributed by atoms with Crippen molar-refractivity contribution in [2.75, 3.05) is 0 Å². The lowest BCUT2D eigenvalue weighted by Gasteiger charge is -2.07. The van der Waals surface area contributed by atoms with Crippen LogP contribution in [0.15, 0.2) is 53.0 Å². The van der Waals surface area contributed by atoms with Gasteiger partial charge in [0.05, 0.1) is 0 Å². The Labute approximate surface area is 112 Å². The third-order valence-electron chi connectivity index (χ3n) is 2.95. The maximum atomic E-state index is 3.63. The third kappa shape index (κ3) is 3.19. The highest BCUT2D eigenvalue weighted by atomic mass is 79.9. The molecule has 0 spiro atoms. The van der Waals surface area contributed by atoms with Crippen molar-refractivity contribution in [2.24, 2.45) is 0 Å². The summed E-state index contributed by atoms with van der Waals surface area (Å²) >= 11 is 3.63. The molecule has 0 aliphatic carbocycles. The smallest absolute Gasteiger partial charge is 0.0207 e. The van der Waals surface area contributed by atoms with Gasteiger partial charge in [-0.3, -0.25) is 0 Å². The van der Waals surface area contributed by atoms with Crippen molar-refractivity contribution < 1.29 is 0 Å². The minimum Gasteiger partial charge on any atom is -0.0654 e. The summed E-state index contributed by atoms with van der Waals surface area (Å²) < 4.78 is 1.23. The molecular formula is C16H17Br. The third-order valence-corrected chi connectivity index (χ3v) is 3.73. The first kappa shape index (κ1) is 12.4. The van der Waals surface area contributed by atoms with Crippen LogP contribution in [0.4, 0.5) is 0 Å². The van der Waals surface area contributed by atoms with E-state index < -0.39 is 0 Å². The number of aryl methyl sites for hydroxylation is 1. The molecule has 0 fully saturated rings. The molecule has 88 valence electrons. The molecule has 0 heterocycles. The van der Waals surface area contributed by atoms with Gasteiger partial charge in [0.15, 0.2) is 0 Å². The average molecular weight is 289 g/mol. The normalized spacial score (nSPS) is 10.5. The number of benzene rings is 2. The van der Waals surface area contributed by atoms with E-state index in [-0.39, 0.29) is 0 Å². The molecule has 2 rings (SSSR count). The first-order valence-corrected chi connectivity index (χ1v) is 6.94. The van der Waals surface area contributed by atoms with Crippen LogP contribution in [-0.2, 0) is 6.42 Å². The van der Waals surface area contributed by atoms with Gasteiger partial charge >= 0.3 is 0 Å². The summed E-state index contributed by atoms with van der Waals surface area (Å²) in [4.78, 5) is 0. The van der Waals surface area contributed by atoms with Crippen molar-refractivity contribution in [2.45, 2.75) is 26.2 Å². The number of hydrogen-bond donors (Lipinski definition) is 0. The van der Waals surface area contributed by atoms with Crippen molar-refractivity contribution in [3.8, 4) is 11.1 Å². The Bertz CT molecular complexity index is 474. The Balaban J connectivity index is 2.31. The van der Waals surface area contributed by atoms with Gasteiger partial charge in [-0.25, -0.2) is 0 Å². The fraction of sp³-hybridized carbons (Fsp3) is 0.250. The molecule has 17 heavy (non-hydrogen) atoms. The standard InChI is InChI=1S/C16H17Br/c1-2-3-7-15-12-14(10-11-16(15)17)13-8-5-4-6-9-13/h4-6,8-12H,2-3,7H2,1H3. The van der Waals surface area contributed by atoms with Crippen LogP contribution in [0.5, 0.6) is 0 Å².